The maximum Gasteiger partial charge on any atom is 0.243 e. The van der Waals surface area contributed by atoms with Gasteiger partial charge in [-0.25, -0.2) is 4.39 Å². The van der Waals surface area contributed by atoms with E-state index in [-0.39, 0.29) is 31.7 Å². The number of likely N-dealkylation sites (N-methyl/N-ethyl adjacent to an activating group) is 1. The van der Waals surface area contributed by atoms with Gasteiger partial charge in [-0.15, -0.1) is 0 Å². The minimum Gasteiger partial charge on any atom is -0.493 e. The molecule has 3 rings (SSSR count). The predicted octanol–water partition coefficient (Wildman–Crippen LogP) is 2.22. The first-order valence-electron chi connectivity index (χ1n) is 13.9. The number of benzene rings is 2. The highest BCUT2D eigenvalue weighted by Crippen LogP contribution is 2.20. The summed E-state index contributed by atoms with van der Waals surface area (Å²) in [6.07, 6.45) is 1.71. The highest BCUT2D eigenvalue weighted by molar-refractivity contribution is 5.91. The molecule has 0 aromatic heterocycles. The van der Waals surface area contributed by atoms with Crippen molar-refractivity contribution >= 4 is 17.7 Å². The van der Waals surface area contributed by atoms with Crippen LogP contribution in [0.4, 0.5) is 4.39 Å². The third kappa shape index (κ3) is 9.60. The smallest absolute Gasteiger partial charge is 0.243 e. The van der Waals surface area contributed by atoms with E-state index in [4.69, 9.17) is 10.5 Å². The quantitative estimate of drug-likeness (QED) is 0.394. The van der Waals surface area contributed by atoms with Crippen LogP contribution in [0.15, 0.2) is 42.5 Å². The fraction of sp³-hybridized carbons (Fsp3) is 0.500. The molecule has 1 aliphatic heterocycles. The zero-order valence-corrected chi connectivity index (χ0v) is 23.3. The third-order valence-electron chi connectivity index (χ3n) is 7.12. The number of nitrogens with two attached hydrogens (primary N) is 1. The Morgan fingerprint density at radius 1 is 1.20 bits per heavy atom. The topological polar surface area (TPSA) is 134 Å². The second-order valence-corrected chi connectivity index (χ2v) is 10.3. The van der Waals surface area contributed by atoms with Crippen molar-refractivity contribution in [2.45, 2.75) is 76.6 Å². The predicted molar refractivity (Wildman–Crippen MR) is 150 cm³/mol. The molecule has 3 amide bonds. The summed E-state index contributed by atoms with van der Waals surface area (Å²) in [6.45, 7) is 3.08. The number of primary amides is 1. The van der Waals surface area contributed by atoms with Crippen LogP contribution in [0, 0.1) is 5.82 Å². The molecule has 0 saturated carbocycles. The number of ether oxygens (including phenoxy) is 1. The molecule has 40 heavy (non-hydrogen) atoms. The van der Waals surface area contributed by atoms with Crippen LogP contribution in [-0.2, 0) is 33.8 Å². The van der Waals surface area contributed by atoms with Gasteiger partial charge in [0, 0.05) is 32.6 Å². The van der Waals surface area contributed by atoms with E-state index >= 15 is 0 Å². The number of nitrogens with one attached hydrogen (secondary N) is 2. The van der Waals surface area contributed by atoms with E-state index in [1.54, 1.807) is 6.07 Å². The molecule has 218 valence electrons. The summed E-state index contributed by atoms with van der Waals surface area (Å²) in [5, 5.41) is 17.2. The van der Waals surface area contributed by atoms with Gasteiger partial charge in [0.2, 0.25) is 17.7 Å². The number of nitrogens with zero attached hydrogens (tertiary/aromatic N) is 1. The molecule has 0 fully saturated rings. The summed E-state index contributed by atoms with van der Waals surface area (Å²) in [5.41, 5.74) is 8.20. The second-order valence-electron chi connectivity index (χ2n) is 10.3. The molecule has 0 radical (unpaired) electrons. The number of aliphatic hydroxyl groups is 1. The van der Waals surface area contributed by atoms with Crippen molar-refractivity contribution in [3.05, 3.63) is 65.0 Å². The number of carbonyl (C=O) groups excluding carboxylic acids is 3. The van der Waals surface area contributed by atoms with Crippen molar-refractivity contribution in [1.82, 2.24) is 15.5 Å². The first-order chi connectivity index (χ1) is 19.2. The molecule has 9 nitrogen and oxygen atoms in total. The summed E-state index contributed by atoms with van der Waals surface area (Å²) in [7, 11) is 1.47. The van der Waals surface area contributed by atoms with Crippen LogP contribution in [0.3, 0.4) is 0 Å². The normalized spacial score (nSPS) is 19.9. The Morgan fingerprint density at radius 3 is 2.73 bits per heavy atom. The van der Waals surface area contributed by atoms with Crippen LogP contribution >= 0.6 is 0 Å². The van der Waals surface area contributed by atoms with E-state index in [0.717, 1.165) is 12.0 Å². The number of carbonyl (C=O) groups is 3. The molecular formula is C30H41FN4O5. The maximum atomic E-state index is 14.5. The first-order valence-corrected chi connectivity index (χ1v) is 13.9. The van der Waals surface area contributed by atoms with E-state index in [2.05, 4.69) is 23.6 Å². The molecule has 0 saturated heterocycles. The highest BCUT2D eigenvalue weighted by Gasteiger charge is 2.32. The lowest BCUT2D eigenvalue weighted by atomic mass is 9.99. The molecule has 0 aliphatic carbocycles. The van der Waals surface area contributed by atoms with Gasteiger partial charge in [-0.05, 0) is 60.9 Å². The molecule has 2 aromatic carbocycles. The van der Waals surface area contributed by atoms with Gasteiger partial charge in [0.05, 0.1) is 25.2 Å². The van der Waals surface area contributed by atoms with Crippen LogP contribution in [0.2, 0.25) is 0 Å². The largest absolute Gasteiger partial charge is 0.493 e. The minimum atomic E-state index is -1.14. The van der Waals surface area contributed by atoms with E-state index in [1.165, 1.54) is 29.6 Å². The van der Waals surface area contributed by atoms with Crippen LogP contribution in [0.1, 0.15) is 55.7 Å². The lowest BCUT2D eigenvalue weighted by Gasteiger charge is -2.31. The van der Waals surface area contributed by atoms with Gasteiger partial charge < -0.3 is 31.1 Å². The standard InChI is InChI=1S/C30H41FN4O5/c1-3-20-8-7-9-21(12-20)18-33-19-27(36)25-15-22-13-23(31)16-24(14-22)40-11-6-4-5-10-29(38)35(2)26(17-28(32)37)30(39)34-25/h7-9,12-14,16,25-27,33,36H,3-6,10-11,15,17-19H2,1-2H3,(H2,32,37)(H,34,39)/t25-,26-,27+/m0/s1. The van der Waals surface area contributed by atoms with Crippen LogP contribution < -0.4 is 21.1 Å². The number of aliphatic hydroxyl groups excluding tert-OH is 1. The maximum absolute atomic E-state index is 14.5. The van der Waals surface area contributed by atoms with E-state index in [1.807, 2.05) is 18.2 Å². The van der Waals surface area contributed by atoms with Gasteiger partial charge in [-0.2, -0.15) is 0 Å². The summed E-state index contributed by atoms with van der Waals surface area (Å²) >= 11 is 0. The number of hydrogen-bond acceptors (Lipinski definition) is 6. The number of aryl methyl sites for hydroxylation is 1. The minimum absolute atomic E-state index is 0.0922. The summed E-state index contributed by atoms with van der Waals surface area (Å²) < 4.78 is 20.2. The van der Waals surface area contributed by atoms with Crippen molar-refractivity contribution < 1.29 is 28.6 Å². The van der Waals surface area contributed by atoms with Crippen molar-refractivity contribution in [1.29, 1.82) is 0 Å². The number of amides is 3. The summed E-state index contributed by atoms with van der Waals surface area (Å²) in [5.74, 6) is -1.75. The number of halogens is 1. The molecule has 10 heteroatoms. The summed E-state index contributed by atoms with van der Waals surface area (Å²) in [4.78, 5) is 39.3. The van der Waals surface area contributed by atoms with Gasteiger partial charge in [0.1, 0.15) is 17.6 Å². The Kier molecular flexibility index (Phi) is 11.9. The van der Waals surface area contributed by atoms with Crippen LogP contribution in [0.25, 0.3) is 0 Å². The fourth-order valence-corrected chi connectivity index (χ4v) is 4.80. The van der Waals surface area contributed by atoms with Crippen molar-refractivity contribution in [2.24, 2.45) is 5.73 Å². The second kappa shape index (κ2) is 15.3. The molecule has 1 aliphatic rings. The highest BCUT2D eigenvalue weighted by atomic mass is 19.1. The van der Waals surface area contributed by atoms with Crippen molar-refractivity contribution in [2.75, 3.05) is 20.2 Å². The molecule has 1 heterocycles. The SMILES string of the molecule is CCc1cccc(CNC[C@@H](O)[C@@H]2Cc3cc(F)cc(c3)OCCCCCC(=O)N(C)[C@@H](CC(N)=O)C(=O)N2)c1. The van der Waals surface area contributed by atoms with Crippen LogP contribution in [-0.4, -0.2) is 66.1 Å². The fourth-order valence-electron chi connectivity index (χ4n) is 4.80. The van der Waals surface area contributed by atoms with Crippen molar-refractivity contribution in [3.8, 4) is 5.75 Å². The van der Waals surface area contributed by atoms with Gasteiger partial charge in [-0.3, -0.25) is 14.4 Å². The Bertz CT molecular complexity index is 1160. The summed E-state index contributed by atoms with van der Waals surface area (Å²) in [6, 6.07) is 10.4. The average Bonchev–Trinajstić information content (AvgIpc) is 2.91. The zero-order chi connectivity index (χ0) is 29.1. The van der Waals surface area contributed by atoms with E-state index < -0.39 is 35.8 Å². The van der Waals surface area contributed by atoms with Gasteiger partial charge in [0.25, 0.3) is 0 Å². The van der Waals surface area contributed by atoms with E-state index in [9.17, 15) is 23.9 Å². The lowest BCUT2D eigenvalue weighted by molar-refractivity contribution is -0.141. The Morgan fingerprint density at radius 2 is 1.98 bits per heavy atom. The Labute approximate surface area is 235 Å². The molecule has 3 atom stereocenters. The Balaban J connectivity index is 1.84. The molecule has 0 spiro atoms. The molecule has 0 unspecified atom stereocenters. The van der Waals surface area contributed by atoms with Crippen molar-refractivity contribution in [3.63, 3.8) is 0 Å². The number of hydrogen-bond donors (Lipinski definition) is 4. The third-order valence-corrected chi connectivity index (χ3v) is 7.12. The van der Waals surface area contributed by atoms with Gasteiger partial charge in [-0.1, -0.05) is 31.2 Å². The Hall–Kier alpha value is -3.50. The average molecular weight is 557 g/mol. The lowest BCUT2D eigenvalue weighted by Crippen LogP contribution is -2.55. The zero-order valence-electron chi connectivity index (χ0n) is 23.3. The molecule has 2 aromatic rings. The van der Waals surface area contributed by atoms with Crippen LogP contribution in [0.5, 0.6) is 5.75 Å². The van der Waals surface area contributed by atoms with E-state index in [0.29, 0.717) is 43.7 Å². The first kappa shape index (κ1) is 31.0. The molecule has 2 bridgehead atoms. The molecule has 5 N–H and O–H groups in total. The monoisotopic (exact) mass is 556 g/mol. The molecular weight excluding hydrogens is 515 g/mol. The van der Waals surface area contributed by atoms with Gasteiger partial charge >= 0.3 is 0 Å². The number of fused-ring (bicyclic) bond motifs is 2. The van der Waals surface area contributed by atoms with Gasteiger partial charge in [0.15, 0.2) is 0 Å². The number of rotatable bonds is 8.